The van der Waals surface area contributed by atoms with Gasteiger partial charge in [0.15, 0.2) is 17.2 Å². The molecule has 1 aliphatic rings. The first kappa shape index (κ1) is 27.8. The molecule has 11 nitrogen and oxygen atoms in total. The second-order valence-electron chi connectivity index (χ2n) is 9.29. The Morgan fingerprint density at radius 2 is 1.87 bits per heavy atom. The van der Waals surface area contributed by atoms with Crippen molar-refractivity contribution >= 4 is 34.9 Å². The van der Waals surface area contributed by atoms with Crippen molar-refractivity contribution in [2.24, 2.45) is 5.73 Å². The van der Waals surface area contributed by atoms with Gasteiger partial charge in [-0.05, 0) is 53.7 Å². The fraction of sp³-hybridized carbons (Fsp3) is 0.370. The summed E-state index contributed by atoms with van der Waals surface area (Å²) in [5.74, 6) is -0.860. The van der Waals surface area contributed by atoms with Gasteiger partial charge >= 0.3 is 0 Å². The number of nitrogens with one attached hydrogen (secondary N) is 1. The van der Waals surface area contributed by atoms with Gasteiger partial charge < -0.3 is 31.2 Å². The van der Waals surface area contributed by atoms with Gasteiger partial charge in [0.05, 0.1) is 19.9 Å². The lowest BCUT2D eigenvalue weighted by Gasteiger charge is -2.33. The molecule has 3 aromatic rings. The lowest BCUT2D eigenvalue weighted by molar-refractivity contribution is -0.127. The Morgan fingerprint density at radius 1 is 1.13 bits per heavy atom. The van der Waals surface area contributed by atoms with E-state index in [1.54, 1.807) is 36.7 Å². The van der Waals surface area contributed by atoms with Gasteiger partial charge in [-0.15, -0.1) is 0 Å². The molecule has 1 aliphatic carbocycles. The summed E-state index contributed by atoms with van der Waals surface area (Å²) >= 11 is 0.766. The SMILES string of the molecule is COc1ccc([C@@H](C(=O)NC2CCCCC2)N(Cc2cccnc2)C(=O)c2snc(C(N)=O)c2N)cc1OC. The number of hydrogen-bond donors (Lipinski definition) is 3. The van der Waals surface area contributed by atoms with E-state index < -0.39 is 17.9 Å². The van der Waals surface area contributed by atoms with Crippen LogP contribution in [0.4, 0.5) is 5.69 Å². The van der Waals surface area contributed by atoms with Gasteiger partial charge in [-0.1, -0.05) is 31.4 Å². The number of amides is 3. The van der Waals surface area contributed by atoms with Gasteiger partial charge in [-0.3, -0.25) is 19.4 Å². The number of nitrogens with zero attached hydrogens (tertiary/aromatic N) is 3. The van der Waals surface area contributed by atoms with E-state index in [1.807, 2.05) is 6.07 Å². The van der Waals surface area contributed by atoms with Crippen LogP contribution in [-0.2, 0) is 11.3 Å². The van der Waals surface area contributed by atoms with Gasteiger partial charge in [0.2, 0.25) is 5.91 Å². The van der Waals surface area contributed by atoms with Gasteiger partial charge in [0, 0.05) is 25.0 Å². The summed E-state index contributed by atoms with van der Waals surface area (Å²) in [4.78, 5) is 45.5. The average Bonchev–Trinajstić information content (AvgIpc) is 3.34. The highest BCUT2D eigenvalue weighted by Crippen LogP contribution is 2.35. The fourth-order valence-electron chi connectivity index (χ4n) is 4.75. The topological polar surface area (TPSA) is 163 Å². The number of pyridine rings is 1. The molecule has 0 saturated heterocycles. The van der Waals surface area contributed by atoms with E-state index in [-0.39, 0.29) is 34.8 Å². The maximum Gasteiger partial charge on any atom is 0.270 e. The molecule has 1 atom stereocenters. The van der Waals surface area contributed by atoms with Crippen LogP contribution in [0.15, 0.2) is 42.7 Å². The highest BCUT2D eigenvalue weighted by Gasteiger charge is 2.36. The zero-order valence-electron chi connectivity index (χ0n) is 21.9. The summed E-state index contributed by atoms with van der Waals surface area (Å²) in [7, 11) is 3.02. The van der Waals surface area contributed by atoms with Crippen LogP contribution in [0.5, 0.6) is 11.5 Å². The molecule has 2 heterocycles. The van der Waals surface area contributed by atoms with Crippen molar-refractivity contribution in [1.29, 1.82) is 0 Å². The predicted octanol–water partition coefficient (Wildman–Crippen LogP) is 3.07. The van der Waals surface area contributed by atoms with E-state index in [4.69, 9.17) is 20.9 Å². The monoisotopic (exact) mass is 552 g/mol. The molecule has 1 saturated carbocycles. The lowest BCUT2D eigenvalue weighted by Crippen LogP contribution is -2.46. The summed E-state index contributed by atoms with van der Waals surface area (Å²) in [6, 6.07) is 7.57. The number of nitrogen functional groups attached to an aromatic ring is 1. The normalized spacial score (nSPS) is 14.3. The number of anilines is 1. The third-order valence-corrected chi connectivity index (χ3v) is 7.58. The van der Waals surface area contributed by atoms with Crippen molar-refractivity contribution in [1.82, 2.24) is 19.6 Å². The van der Waals surface area contributed by atoms with Gasteiger partial charge in [-0.2, -0.15) is 4.37 Å². The minimum Gasteiger partial charge on any atom is -0.493 e. The van der Waals surface area contributed by atoms with Crippen LogP contribution < -0.4 is 26.3 Å². The Kier molecular flexibility index (Phi) is 8.97. The van der Waals surface area contributed by atoms with Crippen LogP contribution in [0.1, 0.15) is 69.4 Å². The number of primary amides is 1. The predicted molar refractivity (Wildman–Crippen MR) is 146 cm³/mol. The molecule has 0 spiro atoms. The Morgan fingerprint density at radius 3 is 2.49 bits per heavy atom. The largest absolute Gasteiger partial charge is 0.493 e. The molecule has 2 aromatic heterocycles. The van der Waals surface area contributed by atoms with Crippen molar-refractivity contribution in [3.8, 4) is 11.5 Å². The molecule has 5 N–H and O–H groups in total. The minimum atomic E-state index is -1.07. The number of carbonyl (C=O) groups is 3. The van der Waals surface area contributed by atoms with E-state index in [0.717, 1.165) is 43.6 Å². The van der Waals surface area contributed by atoms with Crippen LogP contribution in [0.25, 0.3) is 0 Å². The van der Waals surface area contributed by atoms with Crippen molar-refractivity contribution < 1.29 is 23.9 Å². The first-order chi connectivity index (χ1) is 18.8. The molecule has 4 rings (SSSR count). The number of nitrogens with two attached hydrogens (primary N) is 2. The van der Waals surface area contributed by atoms with Crippen LogP contribution in [-0.4, -0.2) is 52.2 Å². The number of ether oxygens (including phenoxy) is 2. The zero-order valence-corrected chi connectivity index (χ0v) is 22.7. The summed E-state index contributed by atoms with van der Waals surface area (Å²) in [5.41, 5.74) is 12.4. The molecule has 3 amide bonds. The van der Waals surface area contributed by atoms with E-state index in [9.17, 15) is 14.4 Å². The molecular formula is C27H32N6O5S. The first-order valence-electron chi connectivity index (χ1n) is 12.6. The zero-order chi connectivity index (χ0) is 27.9. The van der Waals surface area contributed by atoms with Crippen LogP contribution in [0, 0.1) is 0 Å². The van der Waals surface area contributed by atoms with Crippen LogP contribution in [0.3, 0.4) is 0 Å². The number of hydrogen-bond acceptors (Lipinski definition) is 9. The third kappa shape index (κ3) is 6.28. The Balaban J connectivity index is 1.82. The van der Waals surface area contributed by atoms with Gasteiger partial charge in [-0.25, -0.2) is 0 Å². The number of aromatic nitrogens is 2. The second-order valence-corrected chi connectivity index (χ2v) is 10.1. The van der Waals surface area contributed by atoms with E-state index in [2.05, 4.69) is 14.7 Å². The molecule has 0 unspecified atom stereocenters. The summed E-state index contributed by atoms with van der Waals surface area (Å²) in [6.07, 6.45) is 8.15. The smallest absolute Gasteiger partial charge is 0.270 e. The maximum atomic E-state index is 14.1. The van der Waals surface area contributed by atoms with Crippen molar-refractivity contribution in [3.63, 3.8) is 0 Å². The van der Waals surface area contributed by atoms with Gasteiger partial charge in [0.25, 0.3) is 11.8 Å². The Labute approximate surface area is 230 Å². The van der Waals surface area contributed by atoms with Crippen molar-refractivity contribution in [2.45, 2.75) is 50.7 Å². The molecule has 206 valence electrons. The number of methoxy groups -OCH3 is 2. The highest BCUT2D eigenvalue weighted by atomic mass is 32.1. The van der Waals surface area contributed by atoms with Crippen LogP contribution in [0.2, 0.25) is 0 Å². The van der Waals surface area contributed by atoms with E-state index in [0.29, 0.717) is 22.6 Å². The third-order valence-electron chi connectivity index (χ3n) is 6.73. The molecule has 0 radical (unpaired) electrons. The minimum absolute atomic E-state index is 0.000763. The Hall–Kier alpha value is -4.19. The van der Waals surface area contributed by atoms with E-state index in [1.165, 1.54) is 19.1 Å². The van der Waals surface area contributed by atoms with Crippen LogP contribution >= 0.6 is 11.5 Å². The van der Waals surface area contributed by atoms with Crippen molar-refractivity contribution in [2.75, 3.05) is 20.0 Å². The molecule has 0 bridgehead atoms. The molecule has 0 aliphatic heterocycles. The molecular weight excluding hydrogens is 520 g/mol. The average molecular weight is 553 g/mol. The lowest BCUT2D eigenvalue weighted by atomic mass is 9.94. The summed E-state index contributed by atoms with van der Waals surface area (Å²) in [6.45, 7) is 0.0347. The van der Waals surface area contributed by atoms with Gasteiger partial charge in [0.1, 0.15) is 10.9 Å². The second kappa shape index (κ2) is 12.6. The molecule has 1 aromatic carbocycles. The fourth-order valence-corrected chi connectivity index (χ4v) is 5.51. The molecule has 39 heavy (non-hydrogen) atoms. The summed E-state index contributed by atoms with van der Waals surface area (Å²) in [5, 5.41) is 3.16. The van der Waals surface area contributed by atoms with Crippen molar-refractivity contribution in [3.05, 3.63) is 64.4 Å². The number of benzene rings is 1. The molecule has 1 fully saturated rings. The molecule has 12 heteroatoms. The maximum absolute atomic E-state index is 14.1. The quantitative estimate of drug-likeness (QED) is 0.345. The standard InChI is InChI=1S/C27H32N6O5S/c1-37-19-11-10-17(13-20(19)38-2)23(26(35)31-18-8-4-3-5-9-18)33(15-16-7-6-12-30-14-16)27(36)24-21(28)22(25(29)34)32-39-24/h6-7,10-14,18,23H,3-5,8-9,15,28H2,1-2H3,(H2,29,34)(H,31,35)/t23-/m0/s1. The first-order valence-corrected chi connectivity index (χ1v) is 13.4. The Bertz CT molecular complexity index is 1330. The number of carbonyl (C=O) groups excluding carboxylic acids is 3. The number of rotatable bonds is 10. The summed E-state index contributed by atoms with van der Waals surface area (Å²) < 4.78 is 14.9. The highest BCUT2D eigenvalue weighted by molar-refractivity contribution is 7.09. The van der Waals surface area contributed by atoms with E-state index >= 15 is 0 Å².